The average Bonchev–Trinajstić information content (AvgIpc) is 2.65. The third kappa shape index (κ3) is 4.53. The van der Waals surface area contributed by atoms with Gasteiger partial charge in [0, 0.05) is 45.1 Å². The van der Waals surface area contributed by atoms with Gasteiger partial charge in [-0.15, -0.1) is 0 Å². The molecule has 2 aromatic carbocycles. The number of nitrogens with zero attached hydrogens (tertiary/aromatic N) is 4. The van der Waals surface area contributed by atoms with Crippen molar-refractivity contribution in [2.75, 3.05) is 38.0 Å². The lowest BCUT2D eigenvalue weighted by Crippen LogP contribution is -2.08. The number of rotatable bonds is 5. The van der Waals surface area contributed by atoms with Crippen LogP contribution in [0.3, 0.4) is 0 Å². The first-order chi connectivity index (χ1) is 12.5. The Hall–Kier alpha value is -3.50. The summed E-state index contributed by atoms with van der Waals surface area (Å²) in [6.45, 7) is 0. The highest BCUT2D eigenvalue weighted by Crippen LogP contribution is 2.24. The van der Waals surface area contributed by atoms with Gasteiger partial charge in [0.25, 0.3) is 0 Å². The Morgan fingerprint density at radius 2 is 1.23 bits per heavy atom. The Morgan fingerprint density at radius 3 is 1.65 bits per heavy atom. The summed E-state index contributed by atoms with van der Waals surface area (Å²) in [5.41, 5.74) is 4.75. The fourth-order valence-electron chi connectivity index (χ4n) is 2.47. The molecule has 0 bridgehead atoms. The van der Waals surface area contributed by atoms with Crippen molar-refractivity contribution in [3.8, 4) is 12.1 Å². The molecular weight excluding hydrogens is 320 g/mol. The van der Waals surface area contributed by atoms with Crippen LogP contribution in [0.15, 0.2) is 60.2 Å². The van der Waals surface area contributed by atoms with Crippen LogP contribution in [0.5, 0.6) is 0 Å². The van der Waals surface area contributed by atoms with E-state index in [0.29, 0.717) is 5.57 Å². The second-order valence-corrected chi connectivity index (χ2v) is 6.27. The average molecular weight is 342 g/mol. The molecule has 0 amide bonds. The molecule has 0 aliphatic heterocycles. The monoisotopic (exact) mass is 342 g/mol. The summed E-state index contributed by atoms with van der Waals surface area (Å²) in [7, 11) is 7.93. The summed E-state index contributed by atoms with van der Waals surface area (Å²) in [5.74, 6) is 0. The van der Waals surface area contributed by atoms with Crippen LogP contribution in [-0.2, 0) is 0 Å². The second-order valence-electron chi connectivity index (χ2n) is 6.27. The predicted octanol–water partition coefficient (Wildman–Crippen LogP) is 4.33. The molecule has 130 valence electrons. The Kier molecular flexibility index (Phi) is 6.20. The van der Waals surface area contributed by atoms with E-state index in [1.807, 2.05) is 111 Å². The van der Waals surface area contributed by atoms with Gasteiger partial charge >= 0.3 is 0 Å². The van der Waals surface area contributed by atoms with Gasteiger partial charge in [-0.2, -0.15) is 10.5 Å². The van der Waals surface area contributed by atoms with E-state index < -0.39 is 0 Å². The van der Waals surface area contributed by atoms with Crippen molar-refractivity contribution >= 4 is 23.0 Å². The number of hydrogen-bond donors (Lipinski definition) is 0. The van der Waals surface area contributed by atoms with Crippen molar-refractivity contribution < 1.29 is 0 Å². The third-order valence-electron chi connectivity index (χ3n) is 4.04. The van der Waals surface area contributed by atoms with E-state index in [1.54, 1.807) is 0 Å². The standard InChI is InChI=1S/C22H22N4/c1-25(2)20-10-5-17(6-11-20)7-14-22(19(15-23)16-24)18-8-12-21(13-9-18)26(3)4/h5-14H,1-4H3/b14-7+. The zero-order valence-corrected chi connectivity index (χ0v) is 15.6. The van der Waals surface area contributed by atoms with E-state index in [1.165, 1.54) is 0 Å². The van der Waals surface area contributed by atoms with Crippen molar-refractivity contribution in [2.24, 2.45) is 0 Å². The summed E-state index contributed by atoms with van der Waals surface area (Å²) in [4.78, 5) is 4.04. The molecule has 4 nitrogen and oxygen atoms in total. The van der Waals surface area contributed by atoms with Gasteiger partial charge in [-0.3, -0.25) is 0 Å². The maximum absolute atomic E-state index is 9.32. The van der Waals surface area contributed by atoms with Gasteiger partial charge in [0.15, 0.2) is 0 Å². The number of hydrogen-bond acceptors (Lipinski definition) is 4. The minimum absolute atomic E-state index is 0.101. The molecule has 0 N–H and O–H groups in total. The van der Waals surface area contributed by atoms with E-state index in [-0.39, 0.29) is 5.57 Å². The topological polar surface area (TPSA) is 54.1 Å². The van der Waals surface area contributed by atoms with E-state index in [0.717, 1.165) is 22.5 Å². The number of benzene rings is 2. The first-order valence-electron chi connectivity index (χ1n) is 8.24. The molecule has 0 spiro atoms. The van der Waals surface area contributed by atoms with Crippen LogP contribution in [0.1, 0.15) is 11.1 Å². The molecule has 0 saturated carbocycles. The molecular formula is C22H22N4. The maximum Gasteiger partial charge on any atom is 0.137 e. The highest BCUT2D eigenvalue weighted by Gasteiger charge is 2.07. The van der Waals surface area contributed by atoms with Gasteiger partial charge in [-0.1, -0.05) is 36.4 Å². The van der Waals surface area contributed by atoms with Gasteiger partial charge in [-0.25, -0.2) is 0 Å². The van der Waals surface area contributed by atoms with E-state index in [4.69, 9.17) is 0 Å². The van der Waals surface area contributed by atoms with Crippen LogP contribution in [0.25, 0.3) is 11.6 Å². The molecule has 0 atom stereocenters. The third-order valence-corrected chi connectivity index (χ3v) is 4.04. The molecule has 2 rings (SSSR count). The summed E-state index contributed by atoms with van der Waals surface area (Å²) < 4.78 is 0. The van der Waals surface area contributed by atoms with Gasteiger partial charge in [-0.05, 0) is 35.4 Å². The molecule has 0 aliphatic rings. The van der Waals surface area contributed by atoms with Crippen LogP contribution in [0, 0.1) is 22.7 Å². The first kappa shape index (κ1) is 18.8. The highest BCUT2D eigenvalue weighted by molar-refractivity contribution is 5.85. The van der Waals surface area contributed by atoms with Crippen molar-refractivity contribution in [1.29, 1.82) is 10.5 Å². The minimum atomic E-state index is 0.101. The molecule has 26 heavy (non-hydrogen) atoms. The number of allylic oxidation sites excluding steroid dienone is 3. The lowest BCUT2D eigenvalue weighted by molar-refractivity contribution is 1.13. The van der Waals surface area contributed by atoms with Gasteiger partial charge in [0.2, 0.25) is 0 Å². The second kappa shape index (κ2) is 8.55. The first-order valence-corrected chi connectivity index (χ1v) is 8.24. The van der Waals surface area contributed by atoms with Gasteiger partial charge in [0.05, 0.1) is 0 Å². The molecule has 0 heterocycles. The molecule has 2 aromatic rings. The molecule has 0 saturated heterocycles. The van der Waals surface area contributed by atoms with E-state index in [2.05, 4.69) is 0 Å². The number of anilines is 2. The SMILES string of the molecule is CN(C)c1ccc(/C=C/C(=C(C#N)C#N)c2ccc(N(C)C)cc2)cc1. The Balaban J connectivity index is 2.39. The fourth-order valence-corrected chi connectivity index (χ4v) is 2.47. The minimum Gasteiger partial charge on any atom is -0.378 e. The largest absolute Gasteiger partial charge is 0.378 e. The van der Waals surface area contributed by atoms with Gasteiger partial charge in [0.1, 0.15) is 17.7 Å². The molecule has 0 fully saturated rings. The van der Waals surface area contributed by atoms with E-state index in [9.17, 15) is 10.5 Å². The molecule has 0 aromatic heterocycles. The van der Waals surface area contributed by atoms with E-state index >= 15 is 0 Å². The van der Waals surface area contributed by atoms with Crippen LogP contribution in [-0.4, -0.2) is 28.2 Å². The quantitative estimate of drug-likeness (QED) is 0.599. The smallest absolute Gasteiger partial charge is 0.137 e. The summed E-state index contributed by atoms with van der Waals surface area (Å²) in [6, 6.07) is 19.9. The lowest BCUT2D eigenvalue weighted by atomic mass is 9.99. The highest BCUT2D eigenvalue weighted by atomic mass is 15.1. The summed E-state index contributed by atoms with van der Waals surface area (Å²) >= 11 is 0. The molecule has 0 unspecified atom stereocenters. The summed E-state index contributed by atoms with van der Waals surface area (Å²) in [5, 5.41) is 18.6. The summed E-state index contributed by atoms with van der Waals surface area (Å²) in [6.07, 6.45) is 3.75. The normalized spacial score (nSPS) is 10.1. The van der Waals surface area contributed by atoms with Gasteiger partial charge < -0.3 is 9.80 Å². The van der Waals surface area contributed by atoms with Crippen LogP contribution < -0.4 is 9.80 Å². The fraction of sp³-hybridized carbons (Fsp3) is 0.182. The lowest BCUT2D eigenvalue weighted by Gasteiger charge is -2.13. The molecule has 0 aliphatic carbocycles. The van der Waals surface area contributed by atoms with Crippen molar-refractivity contribution in [3.63, 3.8) is 0 Å². The predicted molar refractivity (Wildman–Crippen MR) is 109 cm³/mol. The Labute approximate surface area is 155 Å². The molecule has 4 heteroatoms. The van der Waals surface area contributed by atoms with Crippen LogP contribution in [0.2, 0.25) is 0 Å². The Morgan fingerprint density at radius 1 is 0.769 bits per heavy atom. The van der Waals surface area contributed by atoms with Crippen molar-refractivity contribution in [1.82, 2.24) is 0 Å². The zero-order chi connectivity index (χ0) is 19.1. The maximum atomic E-state index is 9.32. The van der Waals surface area contributed by atoms with Crippen molar-refractivity contribution in [3.05, 3.63) is 71.3 Å². The zero-order valence-electron chi connectivity index (χ0n) is 15.6. The van der Waals surface area contributed by atoms with Crippen LogP contribution >= 0.6 is 0 Å². The van der Waals surface area contributed by atoms with Crippen molar-refractivity contribution in [2.45, 2.75) is 0 Å². The van der Waals surface area contributed by atoms with Crippen LogP contribution in [0.4, 0.5) is 11.4 Å². The number of nitriles is 2. The Bertz CT molecular complexity index is 871. The molecule has 0 radical (unpaired) electrons.